The van der Waals surface area contributed by atoms with Crippen molar-refractivity contribution in [3.8, 4) is 0 Å². The van der Waals surface area contributed by atoms with Gasteiger partial charge < -0.3 is 5.73 Å². The average Bonchev–Trinajstić information content (AvgIpc) is 3.18. The van der Waals surface area contributed by atoms with Crippen LogP contribution in [-0.2, 0) is 0 Å². The molecule has 1 aliphatic rings. The van der Waals surface area contributed by atoms with E-state index in [1.54, 1.807) is 0 Å². The molecule has 3 heteroatoms. The van der Waals surface area contributed by atoms with Gasteiger partial charge in [0, 0.05) is 25.0 Å². The van der Waals surface area contributed by atoms with E-state index in [4.69, 9.17) is 11.1 Å². The summed E-state index contributed by atoms with van der Waals surface area (Å²) in [7, 11) is 0. The number of rotatable bonds is 7. The van der Waals surface area contributed by atoms with Gasteiger partial charge in [0.15, 0.2) is 0 Å². The van der Waals surface area contributed by atoms with E-state index in [2.05, 4.69) is 43.0 Å². The van der Waals surface area contributed by atoms with Crippen molar-refractivity contribution in [3.63, 3.8) is 0 Å². The zero-order chi connectivity index (χ0) is 13.8. The predicted octanol–water partition coefficient (Wildman–Crippen LogP) is 3.17. The third kappa shape index (κ3) is 4.06. The van der Waals surface area contributed by atoms with Gasteiger partial charge in [-0.3, -0.25) is 10.3 Å². The van der Waals surface area contributed by atoms with Crippen LogP contribution < -0.4 is 5.73 Å². The Labute approximate surface area is 116 Å². The molecule has 0 saturated heterocycles. The summed E-state index contributed by atoms with van der Waals surface area (Å²) < 4.78 is 0. The highest BCUT2D eigenvalue weighted by Crippen LogP contribution is 2.36. The molecular formula is C16H25N3. The van der Waals surface area contributed by atoms with Gasteiger partial charge in [0.25, 0.3) is 0 Å². The number of hydrogen-bond acceptors (Lipinski definition) is 2. The van der Waals surface area contributed by atoms with Gasteiger partial charge in [-0.15, -0.1) is 0 Å². The van der Waals surface area contributed by atoms with Crippen LogP contribution in [0.15, 0.2) is 30.3 Å². The molecule has 1 aromatic carbocycles. The first-order valence-electron chi connectivity index (χ1n) is 7.21. The summed E-state index contributed by atoms with van der Waals surface area (Å²) in [5.74, 6) is 0.919. The highest BCUT2D eigenvalue weighted by Gasteiger charge is 2.35. The Morgan fingerprint density at radius 2 is 1.95 bits per heavy atom. The van der Waals surface area contributed by atoms with E-state index < -0.39 is 0 Å². The maximum absolute atomic E-state index is 7.66. The van der Waals surface area contributed by atoms with Gasteiger partial charge in [-0.2, -0.15) is 0 Å². The Balaban J connectivity index is 2.21. The Morgan fingerprint density at radius 1 is 1.32 bits per heavy atom. The summed E-state index contributed by atoms with van der Waals surface area (Å²) in [5, 5.41) is 7.66. The first-order valence-corrected chi connectivity index (χ1v) is 7.21. The highest BCUT2D eigenvalue weighted by atomic mass is 15.2. The molecule has 0 amide bonds. The van der Waals surface area contributed by atoms with Gasteiger partial charge in [-0.1, -0.05) is 44.2 Å². The molecule has 0 radical (unpaired) electrons. The summed E-state index contributed by atoms with van der Waals surface area (Å²) in [5.41, 5.74) is 6.96. The van der Waals surface area contributed by atoms with Crippen LogP contribution in [0.5, 0.6) is 0 Å². The molecule has 1 saturated carbocycles. The second-order valence-electron chi connectivity index (χ2n) is 5.98. The van der Waals surface area contributed by atoms with Gasteiger partial charge in [-0.05, 0) is 24.3 Å². The molecule has 0 heterocycles. The van der Waals surface area contributed by atoms with Gasteiger partial charge in [0.1, 0.15) is 0 Å². The molecule has 0 spiro atoms. The molecule has 1 atom stereocenters. The lowest BCUT2D eigenvalue weighted by molar-refractivity contribution is 0.169. The van der Waals surface area contributed by atoms with Crippen molar-refractivity contribution in [1.29, 1.82) is 5.41 Å². The largest absolute Gasteiger partial charge is 0.388 e. The monoisotopic (exact) mass is 259 g/mol. The molecule has 2 rings (SSSR count). The summed E-state index contributed by atoms with van der Waals surface area (Å²) in [6.07, 6.45) is 3.20. The van der Waals surface area contributed by atoms with Crippen molar-refractivity contribution in [1.82, 2.24) is 4.90 Å². The maximum atomic E-state index is 7.66. The quantitative estimate of drug-likeness (QED) is 0.583. The first kappa shape index (κ1) is 14.1. The third-order valence-electron chi connectivity index (χ3n) is 3.59. The number of hydrogen-bond donors (Lipinski definition) is 2. The normalized spacial score (nSPS) is 16.8. The van der Waals surface area contributed by atoms with Crippen molar-refractivity contribution in [2.45, 2.75) is 45.2 Å². The minimum Gasteiger partial charge on any atom is -0.388 e. The number of amidine groups is 1. The Kier molecular flexibility index (Phi) is 4.59. The smallest absolute Gasteiger partial charge is 0.0924 e. The Hall–Kier alpha value is -1.35. The van der Waals surface area contributed by atoms with E-state index in [1.165, 1.54) is 18.4 Å². The summed E-state index contributed by atoms with van der Waals surface area (Å²) in [4.78, 5) is 2.56. The third-order valence-corrected chi connectivity index (χ3v) is 3.59. The fraction of sp³-hybridized carbons (Fsp3) is 0.562. The standard InChI is InChI=1S/C16H25N3/c1-12(2)11-19(14-8-9-14)15(10-16(17)18)13-6-4-3-5-7-13/h3-7,12,14-15H,8-11H2,1-2H3,(H3,17,18). The zero-order valence-electron chi connectivity index (χ0n) is 12.0. The Bertz CT molecular complexity index is 409. The zero-order valence-corrected chi connectivity index (χ0v) is 12.0. The fourth-order valence-electron chi connectivity index (χ4n) is 2.67. The molecule has 104 valence electrons. The van der Waals surface area contributed by atoms with Crippen LogP contribution in [-0.4, -0.2) is 23.3 Å². The number of nitrogens with zero attached hydrogens (tertiary/aromatic N) is 1. The van der Waals surface area contributed by atoms with Crippen LogP contribution in [0.2, 0.25) is 0 Å². The van der Waals surface area contributed by atoms with Crippen molar-refractivity contribution in [2.75, 3.05) is 6.54 Å². The van der Waals surface area contributed by atoms with Gasteiger partial charge >= 0.3 is 0 Å². The first-order chi connectivity index (χ1) is 9.08. The minimum absolute atomic E-state index is 0.258. The van der Waals surface area contributed by atoms with Gasteiger partial charge in [-0.25, -0.2) is 0 Å². The molecular weight excluding hydrogens is 234 g/mol. The molecule has 1 fully saturated rings. The van der Waals surface area contributed by atoms with Crippen LogP contribution in [0, 0.1) is 11.3 Å². The molecule has 1 unspecified atom stereocenters. The summed E-state index contributed by atoms with van der Waals surface area (Å²) in [6.45, 7) is 5.59. The van der Waals surface area contributed by atoms with E-state index in [0.717, 1.165) is 6.54 Å². The number of nitrogens with one attached hydrogen (secondary N) is 1. The molecule has 3 nitrogen and oxygen atoms in total. The lowest BCUT2D eigenvalue weighted by Crippen LogP contribution is -2.36. The van der Waals surface area contributed by atoms with Gasteiger partial charge in [0.05, 0.1) is 5.84 Å². The van der Waals surface area contributed by atoms with Crippen LogP contribution in [0.25, 0.3) is 0 Å². The predicted molar refractivity (Wildman–Crippen MR) is 80.3 cm³/mol. The van der Waals surface area contributed by atoms with Gasteiger partial charge in [0.2, 0.25) is 0 Å². The molecule has 1 aromatic rings. The summed E-state index contributed by atoms with van der Waals surface area (Å²) in [6, 6.07) is 11.4. The SMILES string of the molecule is CC(C)CN(C1CC1)C(CC(=N)N)c1ccccc1. The molecule has 0 aliphatic heterocycles. The second-order valence-corrected chi connectivity index (χ2v) is 5.98. The number of benzene rings is 1. The van der Waals surface area contributed by atoms with E-state index in [-0.39, 0.29) is 11.9 Å². The lowest BCUT2D eigenvalue weighted by Gasteiger charge is -2.33. The van der Waals surface area contributed by atoms with Crippen molar-refractivity contribution in [2.24, 2.45) is 11.7 Å². The molecule has 3 N–H and O–H groups in total. The van der Waals surface area contributed by atoms with E-state index >= 15 is 0 Å². The lowest BCUT2D eigenvalue weighted by atomic mass is 10.00. The van der Waals surface area contributed by atoms with Crippen LogP contribution in [0.4, 0.5) is 0 Å². The highest BCUT2D eigenvalue weighted by molar-refractivity contribution is 5.77. The van der Waals surface area contributed by atoms with Crippen molar-refractivity contribution < 1.29 is 0 Å². The van der Waals surface area contributed by atoms with Crippen LogP contribution >= 0.6 is 0 Å². The second kappa shape index (κ2) is 6.20. The number of nitrogens with two attached hydrogens (primary N) is 1. The van der Waals surface area contributed by atoms with E-state index in [0.29, 0.717) is 18.4 Å². The van der Waals surface area contributed by atoms with E-state index in [9.17, 15) is 0 Å². The molecule has 0 aromatic heterocycles. The average molecular weight is 259 g/mol. The fourth-order valence-corrected chi connectivity index (χ4v) is 2.67. The topological polar surface area (TPSA) is 53.1 Å². The van der Waals surface area contributed by atoms with Crippen LogP contribution in [0.3, 0.4) is 0 Å². The van der Waals surface area contributed by atoms with Crippen molar-refractivity contribution in [3.05, 3.63) is 35.9 Å². The minimum atomic E-state index is 0.258. The molecule has 1 aliphatic carbocycles. The van der Waals surface area contributed by atoms with E-state index in [1.807, 2.05) is 6.07 Å². The molecule has 0 bridgehead atoms. The summed E-state index contributed by atoms with van der Waals surface area (Å²) >= 11 is 0. The van der Waals surface area contributed by atoms with Crippen LogP contribution in [0.1, 0.15) is 44.7 Å². The Morgan fingerprint density at radius 3 is 2.42 bits per heavy atom. The van der Waals surface area contributed by atoms with Crippen molar-refractivity contribution >= 4 is 5.84 Å². The maximum Gasteiger partial charge on any atom is 0.0924 e. The molecule has 19 heavy (non-hydrogen) atoms.